The summed E-state index contributed by atoms with van der Waals surface area (Å²) in [5, 5.41) is 0.885. The largest absolute Gasteiger partial charge is 0.309 e. The third kappa shape index (κ3) is 4.08. The normalized spacial score (nSPS) is 12.2. The standard InChI is InChI=1S/C19H20BrFN2O2S2/c1-13-19(26-11-10-22(2)3)17-12-14(20)4-9-18(17)23(13)27(24,25)16-7-5-15(21)6-8-16/h4-9,12H,10-11H2,1-3H3. The summed E-state index contributed by atoms with van der Waals surface area (Å²) in [5.41, 5.74) is 1.28. The lowest BCUT2D eigenvalue weighted by molar-refractivity contribution is 0.437. The molecule has 0 amide bonds. The number of thioether (sulfide) groups is 1. The molecular formula is C19H20BrFN2O2S2. The Hall–Kier alpha value is -1.35. The van der Waals surface area contributed by atoms with Crippen LogP contribution in [0.15, 0.2) is 56.7 Å². The van der Waals surface area contributed by atoms with Gasteiger partial charge in [0.2, 0.25) is 0 Å². The summed E-state index contributed by atoms with van der Waals surface area (Å²) in [6.07, 6.45) is 0. The van der Waals surface area contributed by atoms with Gasteiger partial charge in [0.15, 0.2) is 0 Å². The summed E-state index contributed by atoms with van der Waals surface area (Å²) in [7, 11) is 0.177. The lowest BCUT2D eigenvalue weighted by Gasteiger charge is -2.11. The Morgan fingerprint density at radius 3 is 2.44 bits per heavy atom. The zero-order valence-corrected chi connectivity index (χ0v) is 18.5. The molecule has 0 spiro atoms. The average Bonchev–Trinajstić information content (AvgIpc) is 2.87. The van der Waals surface area contributed by atoms with Crippen LogP contribution in [0.25, 0.3) is 10.9 Å². The van der Waals surface area contributed by atoms with Crippen molar-refractivity contribution in [1.82, 2.24) is 8.87 Å². The molecule has 1 aromatic heterocycles. The van der Waals surface area contributed by atoms with Gasteiger partial charge in [-0.1, -0.05) is 15.9 Å². The van der Waals surface area contributed by atoms with Crippen LogP contribution in [0.3, 0.4) is 0 Å². The van der Waals surface area contributed by atoms with Crippen LogP contribution >= 0.6 is 27.7 Å². The predicted molar refractivity (Wildman–Crippen MR) is 113 cm³/mol. The summed E-state index contributed by atoms with van der Waals surface area (Å²) in [4.78, 5) is 3.10. The van der Waals surface area contributed by atoms with Crippen LogP contribution < -0.4 is 0 Å². The van der Waals surface area contributed by atoms with E-state index in [1.807, 2.05) is 33.2 Å². The Kier molecular flexibility index (Phi) is 6.00. The van der Waals surface area contributed by atoms with Gasteiger partial charge in [-0.3, -0.25) is 0 Å². The highest BCUT2D eigenvalue weighted by Gasteiger charge is 2.25. The fraction of sp³-hybridized carbons (Fsp3) is 0.263. The predicted octanol–water partition coefficient (Wildman–Crippen LogP) is 4.74. The molecule has 144 valence electrons. The molecule has 0 fully saturated rings. The van der Waals surface area contributed by atoms with Crippen molar-refractivity contribution in [2.45, 2.75) is 16.7 Å². The molecule has 0 saturated carbocycles. The molecule has 0 unspecified atom stereocenters. The second kappa shape index (κ2) is 7.95. The molecule has 27 heavy (non-hydrogen) atoms. The van der Waals surface area contributed by atoms with E-state index in [2.05, 4.69) is 20.8 Å². The van der Waals surface area contributed by atoms with Crippen LogP contribution in [0.5, 0.6) is 0 Å². The molecule has 2 aromatic carbocycles. The number of fused-ring (bicyclic) bond motifs is 1. The minimum atomic E-state index is -3.84. The van der Waals surface area contributed by atoms with E-state index in [4.69, 9.17) is 0 Å². The van der Waals surface area contributed by atoms with Gasteiger partial charge in [0.25, 0.3) is 10.0 Å². The summed E-state index contributed by atoms with van der Waals surface area (Å²) in [6, 6.07) is 10.5. The van der Waals surface area contributed by atoms with Crippen LogP contribution in [0.4, 0.5) is 4.39 Å². The van der Waals surface area contributed by atoms with Crippen molar-refractivity contribution in [2.24, 2.45) is 0 Å². The molecule has 0 saturated heterocycles. The number of hydrogen-bond acceptors (Lipinski definition) is 4. The molecule has 0 atom stereocenters. The van der Waals surface area contributed by atoms with Gasteiger partial charge in [0.1, 0.15) is 5.82 Å². The second-order valence-electron chi connectivity index (χ2n) is 6.45. The van der Waals surface area contributed by atoms with Gasteiger partial charge in [-0.2, -0.15) is 0 Å². The van der Waals surface area contributed by atoms with Gasteiger partial charge in [-0.15, -0.1) is 11.8 Å². The number of rotatable bonds is 6. The van der Waals surface area contributed by atoms with Crippen molar-refractivity contribution in [3.63, 3.8) is 0 Å². The first kappa shape index (κ1) is 20.4. The maximum absolute atomic E-state index is 13.3. The third-order valence-corrected chi connectivity index (χ3v) is 7.70. The summed E-state index contributed by atoms with van der Waals surface area (Å²) in [6.45, 7) is 2.70. The van der Waals surface area contributed by atoms with E-state index in [9.17, 15) is 12.8 Å². The van der Waals surface area contributed by atoms with E-state index in [-0.39, 0.29) is 4.90 Å². The summed E-state index contributed by atoms with van der Waals surface area (Å²) in [5.74, 6) is 0.377. The Labute approximate surface area is 171 Å². The molecule has 0 bridgehead atoms. The van der Waals surface area contributed by atoms with E-state index < -0.39 is 15.8 Å². The third-order valence-electron chi connectivity index (χ3n) is 4.19. The van der Waals surface area contributed by atoms with Crippen LogP contribution in [0.2, 0.25) is 0 Å². The molecular weight excluding hydrogens is 451 g/mol. The number of nitrogens with zero attached hydrogens (tertiary/aromatic N) is 2. The Bertz CT molecular complexity index is 1080. The number of hydrogen-bond donors (Lipinski definition) is 0. The van der Waals surface area contributed by atoms with Crippen LogP contribution in [0.1, 0.15) is 5.69 Å². The van der Waals surface area contributed by atoms with Gasteiger partial charge in [-0.05, 0) is 63.5 Å². The van der Waals surface area contributed by atoms with Crippen molar-refractivity contribution in [3.05, 3.63) is 58.4 Å². The molecule has 0 aliphatic carbocycles. The van der Waals surface area contributed by atoms with Gasteiger partial charge in [0, 0.05) is 32.7 Å². The van der Waals surface area contributed by atoms with Crippen molar-refractivity contribution in [1.29, 1.82) is 0 Å². The number of halogens is 2. The van der Waals surface area contributed by atoms with E-state index in [1.165, 1.54) is 16.1 Å². The van der Waals surface area contributed by atoms with Gasteiger partial charge in [-0.25, -0.2) is 16.8 Å². The first-order chi connectivity index (χ1) is 12.7. The highest BCUT2D eigenvalue weighted by atomic mass is 79.9. The Balaban J connectivity index is 2.18. The monoisotopic (exact) mass is 470 g/mol. The molecule has 0 aliphatic rings. The Morgan fingerprint density at radius 1 is 1.15 bits per heavy atom. The lowest BCUT2D eigenvalue weighted by atomic mass is 10.2. The fourth-order valence-corrected chi connectivity index (χ4v) is 6.13. The lowest BCUT2D eigenvalue weighted by Crippen LogP contribution is -2.15. The van der Waals surface area contributed by atoms with E-state index >= 15 is 0 Å². The maximum Gasteiger partial charge on any atom is 0.268 e. The molecule has 8 heteroatoms. The van der Waals surface area contributed by atoms with Crippen molar-refractivity contribution in [3.8, 4) is 0 Å². The molecule has 3 aromatic rings. The molecule has 0 aliphatic heterocycles. The highest BCUT2D eigenvalue weighted by molar-refractivity contribution is 9.10. The topological polar surface area (TPSA) is 42.3 Å². The van der Waals surface area contributed by atoms with E-state index in [0.717, 1.165) is 39.2 Å². The molecule has 1 heterocycles. The summed E-state index contributed by atoms with van der Waals surface area (Å²) < 4.78 is 42.0. The minimum Gasteiger partial charge on any atom is -0.309 e. The maximum atomic E-state index is 13.3. The number of benzene rings is 2. The average molecular weight is 471 g/mol. The van der Waals surface area contributed by atoms with E-state index in [1.54, 1.807) is 17.8 Å². The molecule has 4 nitrogen and oxygen atoms in total. The van der Waals surface area contributed by atoms with Gasteiger partial charge >= 0.3 is 0 Å². The highest BCUT2D eigenvalue weighted by Crippen LogP contribution is 2.37. The minimum absolute atomic E-state index is 0.0664. The number of aromatic nitrogens is 1. The first-order valence-electron chi connectivity index (χ1n) is 8.31. The zero-order chi connectivity index (χ0) is 19.8. The van der Waals surface area contributed by atoms with Gasteiger partial charge in [0.05, 0.1) is 10.4 Å². The SMILES string of the molecule is Cc1c(SCCN(C)C)c2cc(Br)ccc2n1S(=O)(=O)c1ccc(F)cc1. The summed E-state index contributed by atoms with van der Waals surface area (Å²) >= 11 is 5.12. The van der Waals surface area contributed by atoms with Crippen molar-refractivity contribution < 1.29 is 12.8 Å². The van der Waals surface area contributed by atoms with Crippen LogP contribution in [-0.4, -0.2) is 43.7 Å². The van der Waals surface area contributed by atoms with Crippen LogP contribution in [-0.2, 0) is 10.0 Å². The quantitative estimate of drug-likeness (QED) is 0.487. The molecule has 0 radical (unpaired) electrons. The van der Waals surface area contributed by atoms with Gasteiger partial charge < -0.3 is 4.90 Å². The molecule has 0 N–H and O–H groups in total. The Morgan fingerprint density at radius 2 is 1.81 bits per heavy atom. The van der Waals surface area contributed by atoms with Crippen molar-refractivity contribution in [2.75, 3.05) is 26.4 Å². The van der Waals surface area contributed by atoms with Crippen molar-refractivity contribution >= 4 is 48.6 Å². The fourth-order valence-electron chi connectivity index (χ4n) is 2.87. The molecule has 3 rings (SSSR count). The van der Waals surface area contributed by atoms with E-state index in [0.29, 0.717) is 11.2 Å². The van der Waals surface area contributed by atoms with Crippen LogP contribution in [0, 0.1) is 12.7 Å². The first-order valence-corrected chi connectivity index (χ1v) is 11.5. The zero-order valence-electron chi connectivity index (χ0n) is 15.2. The smallest absolute Gasteiger partial charge is 0.268 e. The second-order valence-corrected chi connectivity index (χ2v) is 10.3.